The van der Waals surface area contributed by atoms with E-state index in [-0.39, 0.29) is 6.61 Å². The highest BCUT2D eigenvalue weighted by Gasteiger charge is 2.44. The summed E-state index contributed by atoms with van der Waals surface area (Å²) in [7, 11) is 0. The summed E-state index contributed by atoms with van der Waals surface area (Å²) < 4.78 is 15.1. The van der Waals surface area contributed by atoms with Gasteiger partial charge in [0.05, 0.1) is 13.2 Å². The Balaban J connectivity index is 1.88. The minimum absolute atomic E-state index is 0.0646. The van der Waals surface area contributed by atoms with E-state index in [1.54, 1.807) is 0 Å². The predicted octanol–water partition coefficient (Wildman–Crippen LogP) is -2.72. The molecule has 2 aliphatic heterocycles. The average molecular weight is 276 g/mol. The number of carbonyl (C=O) groups is 1. The lowest BCUT2D eigenvalue weighted by molar-refractivity contribution is -0.303. The molecule has 8 heteroatoms. The van der Waals surface area contributed by atoms with Gasteiger partial charge in [-0.2, -0.15) is 0 Å². The fourth-order valence-corrected chi connectivity index (χ4v) is 1.90. The van der Waals surface area contributed by atoms with Crippen LogP contribution >= 0.6 is 0 Å². The Labute approximate surface area is 108 Å². The molecule has 0 saturated carbocycles. The molecule has 108 valence electrons. The lowest BCUT2D eigenvalue weighted by Crippen LogP contribution is -2.59. The summed E-state index contributed by atoms with van der Waals surface area (Å²) in [5.74, 6) is -0.484. The first kappa shape index (κ1) is 14.4. The molecule has 19 heavy (non-hydrogen) atoms. The van der Waals surface area contributed by atoms with E-state index in [1.807, 2.05) is 0 Å². The zero-order chi connectivity index (χ0) is 14.0. The number of hydrogen-bond donors (Lipinski definition) is 4. The molecule has 1 fully saturated rings. The van der Waals surface area contributed by atoms with Crippen LogP contribution in [0.3, 0.4) is 0 Å². The van der Waals surface area contributed by atoms with Crippen molar-refractivity contribution in [2.75, 3.05) is 13.2 Å². The van der Waals surface area contributed by atoms with Gasteiger partial charge in [-0.05, 0) is 6.08 Å². The van der Waals surface area contributed by atoms with Gasteiger partial charge in [-0.15, -0.1) is 0 Å². The second-order valence-corrected chi connectivity index (χ2v) is 4.37. The smallest absolute Gasteiger partial charge is 0.331 e. The molecule has 4 N–H and O–H groups in total. The molecule has 8 nitrogen and oxygen atoms in total. The minimum Gasteiger partial charge on any atom is -0.452 e. The molecule has 0 aromatic carbocycles. The fourth-order valence-electron chi connectivity index (χ4n) is 1.90. The standard InChI is InChI=1S/C11H16O8/c12-3-6-8(14)9(15)10(16)11(19-6)17-4-5-1-2-7(13)18-5/h1-2,5-6,8-12,14-16H,3-4H2/t5-,6-,8-,9?,10-,11-/m1/s1. The van der Waals surface area contributed by atoms with Crippen LogP contribution in [0.1, 0.15) is 0 Å². The first-order valence-electron chi connectivity index (χ1n) is 5.84. The van der Waals surface area contributed by atoms with Crippen LogP contribution in [0.5, 0.6) is 0 Å². The van der Waals surface area contributed by atoms with Gasteiger partial charge in [0.25, 0.3) is 0 Å². The monoisotopic (exact) mass is 276 g/mol. The van der Waals surface area contributed by atoms with Crippen molar-refractivity contribution in [3.05, 3.63) is 12.2 Å². The molecular weight excluding hydrogens is 260 g/mol. The summed E-state index contributed by atoms with van der Waals surface area (Å²) in [5, 5.41) is 37.8. The van der Waals surface area contributed by atoms with Gasteiger partial charge in [0.15, 0.2) is 6.29 Å². The zero-order valence-corrected chi connectivity index (χ0v) is 9.95. The van der Waals surface area contributed by atoms with E-state index in [2.05, 4.69) is 0 Å². The van der Waals surface area contributed by atoms with Gasteiger partial charge in [-0.25, -0.2) is 4.79 Å². The fraction of sp³-hybridized carbons (Fsp3) is 0.727. The Hall–Kier alpha value is -1.03. The molecule has 0 radical (unpaired) electrons. The van der Waals surface area contributed by atoms with Gasteiger partial charge in [0, 0.05) is 6.08 Å². The van der Waals surface area contributed by atoms with Crippen molar-refractivity contribution >= 4 is 5.97 Å². The summed E-state index contributed by atoms with van der Waals surface area (Å²) in [6.07, 6.45) is -4.46. The summed E-state index contributed by atoms with van der Waals surface area (Å²) in [6, 6.07) is 0. The summed E-state index contributed by atoms with van der Waals surface area (Å²) in [6.45, 7) is -0.589. The molecule has 0 spiro atoms. The lowest BCUT2D eigenvalue weighted by atomic mass is 9.99. The molecule has 0 bridgehead atoms. The Morgan fingerprint density at radius 3 is 2.53 bits per heavy atom. The third-order valence-electron chi connectivity index (χ3n) is 2.99. The van der Waals surface area contributed by atoms with E-state index in [9.17, 15) is 20.1 Å². The number of carbonyl (C=O) groups excluding carboxylic acids is 1. The van der Waals surface area contributed by atoms with Gasteiger partial charge >= 0.3 is 5.97 Å². The van der Waals surface area contributed by atoms with Crippen LogP contribution in [0.4, 0.5) is 0 Å². The van der Waals surface area contributed by atoms with Crippen molar-refractivity contribution < 1.29 is 39.4 Å². The van der Waals surface area contributed by atoms with Gasteiger partial charge in [-0.3, -0.25) is 0 Å². The first-order chi connectivity index (χ1) is 9.02. The van der Waals surface area contributed by atoms with Crippen molar-refractivity contribution in [3.8, 4) is 0 Å². The summed E-state index contributed by atoms with van der Waals surface area (Å²) in [4.78, 5) is 10.8. The first-order valence-corrected chi connectivity index (χ1v) is 5.84. The topological polar surface area (TPSA) is 126 Å². The van der Waals surface area contributed by atoms with Gasteiger partial charge < -0.3 is 34.6 Å². The summed E-state index contributed by atoms with van der Waals surface area (Å²) >= 11 is 0. The number of hydrogen-bond acceptors (Lipinski definition) is 8. The lowest BCUT2D eigenvalue weighted by Gasteiger charge is -2.39. The van der Waals surface area contributed by atoms with E-state index < -0.39 is 49.4 Å². The molecule has 0 aromatic heterocycles. The SMILES string of the molecule is O=C1C=C[C@H](CO[C@@H]2O[C@H](CO)[C@@H](O)C(O)[C@H]2O)O1. The number of ether oxygens (including phenoxy) is 3. The maximum Gasteiger partial charge on any atom is 0.331 e. The predicted molar refractivity (Wildman–Crippen MR) is 58.7 cm³/mol. The molecular formula is C11H16O8. The largest absolute Gasteiger partial charge is 0.452 e. The summed E-state index contributed by atoms with van der Waals surface area (Å²) in [5.41, 5.74) is 0. The third-order valence-corrected chi connectivity index (χ3v) is 2.99. The van der Waals surface area contributed by atoms with Crippen LogP contribution in [0.25, 0.3) is 0 Å². The Kier molecular flexibility index (Phi) is 4.50. The molecule has 2 aliphatic rings. The third kappa shape index (κ3) is 3.11. The number of esters is 1. The quantitative estimate of drug-likeness (QED) is 0.408. The van der Waals surface area contributed by atoms with Crippen molar-refractivity contribution in [3.63, 3.8) is 0 Å². The highest BCUT2D eigenvalue weighted by atomic mass is 16.7. The second kappa shape index (κ2) is 5.95. The van der Waals surface area contributed by atoms with E-state index in [4.69, 9.17) is 19.3 Å². The highest BCUT2D eigenvalue weighted by Crippen LogP contribution is 2.22. The van der Waals surface area contributed by atoms with Crippen LogP contribution in [0, 0.1) is 0 Å². The van der Waals surface area contributed by atoms with E-state index in [0.717, 1.165) is 0 Å². The normalized spacial score (nSPS) is 42.4. The van der Waals surface area contributed by atoms with Crippen LogP contribution < -0.4 is 0 Å². The number of cyclic esters (lactones) is 1. The molecule has 0 aromatic rings. The van der Waals surface area contributed by atoms with Gasteiger partial charge in [0.2, 0.25) is 0 Å². The zero-order valence-electron chi connectivity index (χ0n) is 9.95. The second-order valence-electron chi connectivity index (χ2n) is 4.37. The highest BCUT2D eigenvalue weighted by molar-refractivity contribution is 5.84. The van der Waals surface area contributed by atoms with Crippen molar-refractivity contribution in [1.82, 2.24) is 0 Å². The molecule has 2 rings (SSSR count). The Bertz CT molecular complexity index is 355. The molecule has 0 aliphatic carbocycles. The molecule has 6 atom stereocenters. The molecule has 1 saturated heterocycles. The molecule has 0 amide bonds. The molecule has 2 heterocycles. The van der Waals surface area contributed by atoms with Crippen LogP contribution in [-0.2, 0) is 19.0 Å². The maximum atomic E-state index is 10.8. The van der Waals surface area contributed by atoms with Gasteiger partial charge in [-0.1, -0.05) is 0 Å². The van der Waals surface area contributed by atoms with Crippen LogP contribution in [0.15, 0.2) is 12.2 Å². The number of rotatable bonds is 4. The maximum absolute atomic E-state index is 10.8. The van der Waals surface area contributed by atoms with Crippen LogP contribution in [0.2, 0.25) is 0 Å². The van der Waals surface area contributed by atoms with E-state index in [1.165, 1.54) is 12.2 Å². The average Bonchev–Trinajstić information content (AvgIpc) is 2.81. The van der Waals surface area contributed by atoms with Crippen molar-refractivity contribution in [1.29, 1.82) is 0 Å². The van der Waals surface area contributed by atoms with Crippen molar-refractivity contribution in [2.45, 2.75) is 36.8 Å². The number of aliphatic hydroxyl groups excluding tert-OH is 4. The minimum atomic E-state index is -1.49. The Morgan fingerprint density at radius 1 is 1.21 bits per heavy atom. The van der Waals surface area contributed by atoms with Gasteiger partial charge in [0.1, 0.15) is 30.5 Å². The van der Waals surface area contributed by atoms with E-state index >= 15 is 0 Å². The Morgan fingerprint density at radius 2 is 1.95 bits per heavy atom. The van der Waals surface area contributed by atoms with Crippen LogP contribution in [-0.4, -0.2) is 76.4 Å². The van der Waals surface area contributed by atoms with Crippen molar-refractivity contribution in [2.24, 2.45) is 0 Å². The molecule has 1 unspecified atom stereocenters. The number of aliphatic hydroxyl groups is 4. The van der Waals surface area contributed by atoms with E-state index in [0.29, 0.717) is 0 Å².